The van der Waals surface area contributed by atoms with Crippen LogP contribution in [0.2, 0.25) is 0 Å². The largest absolute Gasteiger partial charge is 0.490 e. The fraction of sp³-hybridized carbons (Fsp3) is 0.462. The topological polar surface area (TPSA) is 53.3 Å². The Labute approximate surface area is 101 Å². The Hall–Kier alpha value is -1.71. The van der Waals surface area contributed by atoms with E-state index in [0.717, 1.165) is 12.2 Å². The minimum absolute atomic E-state index is 0.0711. The number of carbonyl (C=O) groups is 1. The van der Waals surface area contributed by atoms with Crippen LogP contribution in [0.1, 0.15) is 13.3 Å². The van der Waals surface area contributed by atoms with Crippen molar-refractivity contribution in [1.29, 1.82) is 0 Å². The maximum absolute atomic E-state index is 10.9. The summed E-state index contributed by atoms with van der Waals surface area (Å²) in [6.07, 6.45) is 0.986. The molecule has 2 rings (SSSR count). The fourth-order valence-electron chi connectivity index (χ4n) is 2.16. The van der Waals surface area contributed by atoms with E-state index in [1.807, 2.05) is 37.3 Å². The molecule has 1 N–H and O–H groups in total. The van der Waals surface area contributed by atoms with Crippen LogP contribution >= 0.6 is 0 Å². The summed E-state index contributed by atoms with van der Waals surface area (Å²) >= 11 is 0. The Morgan fingerprint density at radius 3 is 2.76 bits per heavy atom. The van der Waals surface area contributed by atoms with Crippen molar-refractivity contribution < 1.29 is 9.53 Å². The van der Waals surface area contributed by atoms with Gasteiger partial charge in [-0.15, -0.1) is 0 Å². The van der Waals surface area contributed by atoms with Crippen molar-refractivity contribution in [2.75, 3.05) is 13.1 Å². The predicted octanol–water partition coefficient (Wildman–Crippen LogP) is 2.18. The van der Waals surface area contributed by atoms with Gasteiger partial charge < -0.3 is 9.64 Å². The maximum atomic E-state index is 10.9. The van der Waals surface area contributed by atoms with Gasteiger partial charge in [0.1, 0.15) is 11.9 Å². The number of benzene rings is 1. The second kappa shape index (κ2) is 5.08. The molecule has 91 valence electrons. The number of nitrogens with zero attached hydrogens (tertiary/aromatic N) is 1. The lowest BCUT2D eigenvalue weighted by Crippen LogP contribution is -2.31. The zero-order valence-electron chi connectivity index (χ0n) is 9.93. The summed E-state index contributed by atoms with van der Waals surface area (Å²) in [4.78, 5) is 12.5. The van der Waals surface area contributed by atoms with Crippen molar-refractivity contribution in [2.24, 2.45) is 5.92 Å². The molecule has 1 aliphatic heterocycles. The Bertz CT molecular complexity index is 380. The Balaban J connectivity index is 1.89. The van der Waals surface area contributed by atoms with Crippen LogP contribution in [-0.4, -0.2) is 30.1 Å². The zero-order chi connectivity index (χ0) is 12.3. The first-order valence-corrected chi connectivity index (χ1v) is 5.89. The Kier molecular flexibility index (Phi) is 3.52. The smallest absolute Gasteiger partial charge is 0.336 e. The first-order valence-electron chi connectivity index (χ1n) is 5.89. The summed E-state index contributed by atoms with van der Waals surface area (Å²) in [6, 6.07) is 9.11. The van der Waals surface area contributed by atoms with E-state index >= 15 is 0 Å². The van der Waals surface area contributed by atoms with Crippen LogP contribution < -0.4 is 10.5 Å². The molecule has 0 spiro atoms. The number of urea groups is 1. The zero-order valence-corrected chi connectivity index (χ0v) is 9.93. The lowest BCUT2D eigenvalue weighted by molar-refractivity contribution is 0.153. The van der Waals surface area contributed by atoms with Crippen LogP contribution in [0.5, 0.6) is 5.75 Å². The van der Waals surface area contributed by atoms with E-state index < -0.39 is 6.03 Å². The molecule has 0 aliphatic carbocycles. The van der Waals surface area contributed by atoms with Gasteiger partial charge in [0, 0.05) is 19.0 Å². The van der Waals surface area contributed by atoms with Gasteiger partial charge in [-0.2, -0.15) is 0 Å². The number of rotatable bonds is 3. The third kappa shape index (κ3) is 2.90. The molecule has 2 unspecified atom stereocenters. The molecule has 1 aromatic rings. The number of hydrogen-bond donors (Lipinski definition) is 0. The van der Waals surface area contributed by atoms with Crippen molar-refractivity contribution in [3.05, 3.63) is 30.3 Å². The van der Waals surface area contributed by atoms with Gasteiger partial charge >= 0.3 is 6.03 Å². The minimum atomic E-state index is -0.584. The van der Waals surface area contributed by atoms with E-state index in [4.69, 9.17) is 10.5 Å². The lowest BCUT2D eigenvalue weighted by Gasteiger charge is -2.21. The van der Waals surface area contributed by atoms with Crippen LogP contribution in [-0.2, 0) is 0 Å². The lowest BCUT2D eigenvalue weighted by atomic mass is 10.0. The Morgan fingerprint density at radius 2 is 2.18 bits per heavy atom. The molecule has 1 saturated heterocycles. The molecule has 0 saturated carbocycles. The molecule has 1 fully saturated rings. The van der Waals surface area contributed by atoms with E-state index in [0.29, 0.717) is 19.0 Å². The average molecular weight is 233 g/mol. The van der Waals surface area contributed by atoms with Crippen LogP contribution in [0, 0.1) is 5.92 Å². The molecular formula is C13H17N2O2. The molecule has 17 heavy (non-hydrogen) atoms. The molecule has 1 aliphatic rings. The molecule has 2 atom stereocenters. The number of hydrogen-bond acceptors (Lipinski definition) is 2. The van der Waals surface area contributed by atoms with Crippen molar-refractivity contribution in [3.63, 3.8) is 0 Å². The van der Waals surface area contributed by atoms with E-state index in [-0.39, 0.29) is 6.10 Å². The van der Waals surface area contributed by atoms with Gasteiger partial charge in [0.2, 0.25) is 0 Å². The first-order chi connectivity index (χ1) is 8.16. The van der Waals surface area contributed by atoms with E-state index in [1.54, 1.807) is 4.90 Å². The molecule has 1 aromatic carbocycles. The highest BCUT2D eigenvalue weighted by Gasteiger charge is 2.30. The second-order valence-electron chi connectivity index (χ2n) is 4.44. The number of ether oxygens (including phenoxy) is 1. The van der Waals surface area contributed by atoms with E-state index in [1.165, 1.54) is 0 Å². The number of likely N-dealkylation sites (tertiary alicyclic amines) is 1. The minimum Gasteiger partial charge on any atom is -0.490 e. The van der Waals surface area contributed by atoms with Gasteiger partial charge in [0.25, 0.3) is 0 Å². The van der Waals surface area contributed by atoms with Crippen molar-refractivity contribution in [2.45, 2.75) is 19.4 Å². The molecular weight excluding hydrogens is 216 g/mol. The summed E-state index contributed by atoms with van der Waals surface area (Å²) in [5.74, 6) is 1.18. The molecule has 4 heteroatoms. The van der Waals surface area contributed by atoms with E-state index in [9.17, 15) is 4.79 Å². The van der Waals surface area contributed by atoms with Gasteiger partial charge in [0.05, 0.1) is 0 Å². The Morgan fingerprint density at radius 1 is 1.47 bits per heavy atom. The summed E-state index contributed by atoms with van der Waals surface area (Å²) in [5, 5.41) is 0. The van der Waals surface area contributed by atoms with Gasteiger partial charge in [-0.3, -0.25) is 0 Å². The highest BCUT2D eigenvalue weighted by atomic mass is 16.5. The summed E-state index contributed by atoms with van der Waals surface area (Å²) in [7, 11) is 0. The van der Waals surface area contributed by atoms with Gasteiger partial charge in [-0.25, -0.2) is 10.5 Å². The number of carbonyl (C=O) groups excluding carboxylic acids is 1. The van der Waals surface area contributed by atoms with Gasteiger partial charge in [-0.05, 0) is 25.5 Å². The number of nitrogens with one attached hydrogen (secondary N) is 1. The fourth-order valence-corrected chi connectivity index (χ4v) is 2.16. The quantitative estimate of drug-likeness (QED) is 0.803. The number of para-hydroxylation sites is 1. The second-order valence-corrected chi connectivity index (χ2v) is 4.44. The van der Waals surface area contributed by atoms with Crippen molar-refractivity contribution in [1.82, 2.24) is 10.6 Å². The number of amides is 2. The van der Waals surface area contributed by atoms with Crippen LogP contribution in [0.15, 0.2) is 30.3 Å². The highest BCUT2D eigenvalue weighted by molar-refractivity contribution is 5.71. The van der Waals surface area contributed by atoms with Crippen LogP contribution in [0.25, 0.3) is 0 Å². The molecule has 0 bridgehead atoms. The summed E-state index contributed by atoms with van der Waals surface area (Å²) in [6.45, 7) is 3.33. The van der Waals surface area contributed by atoms with Crippen LogP contribution in [0.4, 0.5) is 4.79 Å². The van der Waals surface area contributed by atoms with Crippen molar-refractivity contribution in [3.8, 4) is 5.75 Å². The highest BCUT2D eigenvalue weighted by Crippen LogP contribution is 2.23. The molecule has 1 heterocycles. The third-order valence-corrected chi connectivity index (χ3v) is 3.24. The maximum Gasteiger partial charge on any atom is 0.336 e. The normalized spacial score (nSPS) is 21.2. The molecule has 1 radical (unpaired) electrons. The third-order valence-electron chi connectivity index (χ3n) is 3.24. The van der Waals surface area contributed by atoms with Gasteiger partial charge in [0.15, 0.2) is 0 Å². The molecule has 0 aromatic heterocycles. The molecule has 4 nitrogen and oxygen atoms in total. The predicted molar refractivity (Wildman–Crippen MR) is 64.7 cm³/mol. The monoisotopic (exact) mass is 233 g/mol. The van der Waals surface area contributed by atoms with E-state index in [2.05, 4.69) is 0 Å². The van der Waals surface area contributed by atoms with Gasteiger partial charge in [-0.1, -0.05) is 18.2 Å². The SMILES string of the molecule is CC(Oc1ccccc1)C1CCN(C([NH])=O)C1. The van der Waals surface area contributed by atoms with Crippen LogP contribution in [0.3, 0.4) is 0 Å². The first kappa shape index (κ1) is 11.8. The molecule has 2 amide bonds. The average Bonchev–Trinajstić information content (AvgIpc) is 2.79. The summed E-state index contributed by atoms with van der Waals surface area (Å²) in [5.41, 5.74) is 7.07. The summed E-state index contributed by atoms with van der Waals surface area (Å²) < 4.78 is 5.83. The standard InChI is InChI=1S/C13H17N2O2/c1-10(17-12-5-3-2-4-6-12)11-7-8-15(9-11)13(14)16/h2-6,10-11,14H,7-9H2,1H3. The van der Waals surface area contributed by atoms with Crippen molar-refractivity contribution >= 4 is 6.03 Å².